The third-order valence-electron chi connectivity index (χ3n) is 5.07. The quantitative estimate of drug-likeness (QED) is 0.512. The summed E-state index contributed by atoms with van der Waals surface area (Å²) in [5.41, 5.74) is 1.18. The molecule has 0 unspecified atom stereocenters. The molecule has 3 amide bonds. The van der Waals surface area contributed by atoms with E-state index >= 15 is 0 Å². The molecular formula is C22H27FN4O4. The van der Waals surface area contributed by atoms with Gasteiger partial charge in [-0.2, -0.15) is 0 Å². The molecule has 1 fully saturated rings. The van der Waals surface area contributed by atoms with Crippen LogP contribution in [0.2, 0.25) is 0 Å². The molecule has 2 aromatic rings. The Morgan fingerprint density at radius 1 is 1.16 bits per heavy atom. The minimum Gasteiger partial charge on any atom is -0.394 e. The number of pyridine rings is 1. The number of carbonyl (C=O) groups is 2. The highest BCUT2D eigenvalue weighted by Gasteiger charge is 2.31. The van der Waals surface area contributed by atoms with Gasteiger partial charge in [0.2, 0.25) is 5.91 Å². The number of benzene rings is 1. The largest absolute Gasteiger partial charge is 0.394 e. The van der Waals surface area contributed by atoms with Gasteiger partial charge in [0, 0.05) is 24.1 Å². The Morgan fingerprint density at radius 2 is 1.97 bits per heavy atom. The monoisotopic (exact) mass is 430 g/mol. The van der Waals surface area contributed by atoms with Crippen molar-refractivity contribution >= 4 is 17.6 Å². The van der Waals surface area contributed by atoms with Crippen LogP contribution in [0.1, 0.15) is 25.0 Å². The average Bonchev–Trinajstić information content (AvgIpc) is 2.77. The van der Waals surface area contributed by atoms with Crippen molar-refractivity contribution in [1.82, 2.24) is 15.6 Å². The summed E-state index contributed by atoms with van der Waals surface area (Å²) in [5.74, 6) is -0.490. The fraction of sp³-hybridized carbons (Fsp3) is 0.409. The Balaban J connectivity index is 1.39. The van der Waals surface area contributed by atoms with Crippen LogP contribution in [-0.4, -0.2) is 53.4 Å². The normalized spacial score (nSPS) is 20.6. The molecule has 0 spiro atoms. The van der Waals surface area contributed by atoms with Gasteiger partial charge >= 0.3 is 6.03 Å². The molecule has 1 aliphatic heterocycles. The van der Waals surface area contributed by atoms with Gasteiger partial charge in [-0.3, -0.25) is 9.78 Å². The molecule has 1 aliphatic rings. The molecule has 0 bridgehead atoms. The van der Waals surface area contributed by atoms with Crippen molar-refractivity contribution in [3.63, 3.8) is 0 Å². The van der Waals surface area contributed by atoms with Crippen molar-refractivity contribution in [1.29, 1.82) is 0 Å². The summed E-state index contributed by atoms with van der Waals surface area (Å²) < 4.78 is 18.9. The number of nitrogens with zero attached hydrogens (tertiary/aromatic N) is 1. The highest BCUT2D eigenvalue weighted by atomic mass is 19.1. The van der Waals surface area contributed by atoms with Gasteiger partial charge in [0.15, 0.2) is 0 Å². The maximum absolute atomic E-state index is 13.0. The highest BCUT2D eigenvalue weighted by molar-refractivity contribution is 5.89. The Morgan fingerprint density at radius 3 is 2.68 bits per heavy atom. The van der Waals surface area contributed by atoms with E-state index in [4.69, 9.17) is 4.74 Å². The number of aliphatic hydroxyl groups is 1. The van der Waals surface area contributed by atoms with Crippen LogP contribution in [0.15, 0.2) is 48.7 Å². The molecule has 1 aromatic heterocycles. The lowest BCUT2D eigenvalue weighted by Crippen LogP contribution is -2.52. The Kier molecular flexibility index (Phi) is 8.31. The van der Waals surface area contributed by atoms with E-state index < -0.39 is 12.1 Å². The topological polar surface area (TPSA) is 113 Å². The van der Waals surface area contributed by atoms with Gasteiger partial charge in [-0.05, 0) is 55.7 Å². The van der Waals surface area contributed by atoms with Crippen molar-refractivity contribution in [2.24, 2.45) is 0 Å². The average molecular weight is 430 g/mol. The lowest BCUT2D eigenvalue weighted by atomic mass is 9.97. The predicted molar refractivity (Wildman–Crippen MR) is 113 cm³/mol. The summed E-state index contributed by atoms with van der Waals surface area (Å²) >= 11 is 0. The van der Waals surface area contributed by atoms with E-state index in [0.29, 0.717) is 37.2 Å². The van der Waals surface area contributed by atoms with E-state index in [1.54, 1.807) is 18.3 Å². The van der Waals surface area contributed by atoms with E-state index in [9.17, 15) is 19.1 Å². The predicted octanol–water partition coefficient (Wildman–Crippen LogP) is 2.00. The van der Waals surface area contributed by atoms with Gasteiger partial charge < -0.3 is 25.8 Å². The highest BCUT2D eigenvalue weighted by Crippen LogP contribution is 2.22. The minimum absolute atomic E-state index is 0.106. The molecule has 1 aromatic carbocycles. The van der Waals surface area contributed by atoms with Gasteiger partial charge in [0.25, 0.3) is 0 Å². The zero-order chi connectivity index (χ0) is 22.1. The number of hydrogen-bond donors (Lipinski definition) is 4. The summed E-state index contributed by atoms with van der Waals surface area (Å²) in [6.07, 6.45) is 3.15. The van der Waals surface area contributed by atoms with Gasteiger partial charge in [0.1, 0.15) is 11.9 Å². The number of urea groups is 1. The smallest absolute Gasteiger partial charge is 0.319 e. The summed E-state index contributed by atoms with van der Waals surface area (Å²) in [6, 6.07) is 10.1. The van der Waals surface area contributed by atoms with E-state index in [1.165, 1.54) is 24.3 Å². The zero-order valence-electron chi connectivity index (χ0n) is 17.1. The van der Waals surface area contributed by atoms with Crippen LogP contribution in [-0.2, 0) is 16.0 Å². The van der Waals surface area contributed by atoms with E-state index in [-0.39, 0.29) is 36.9 Å². The molecule has 166 valence electrons. The minimum atomic E-state index is -0.540. The number of anilines is 1. The molecule has 31 heavy (non-hydrogen) atoms. The Labute approximate surface area is 180 Å². The number of nitrogens with one attached hydrogen (secondary N) is 3. The third kappa shape index (κ3) is 7.30. The van der Waals surface area contributed by atoms with Gasteiger partial charge in [-0.25, -0.2) is 9.18 Å². The number of amides is 3. The lowest BCUT2D eigenvalue weighted by molar-refractivity contribution is -0.121. The van der Waals surface area contributed by atoms with Crippen molar-refractivity contribution in [3.8, 4) is 0 Å². The number of halogens is 1. The number of carbonyl (C=O) groups excluding carboxylic acids is 2. The number of hydrogen-bond acceptors (Lipinski definition) is 5. The Hall–Kier alpha value is -3.04. The standard InChI is InChI=1S/C22H27FN4O4/c23-15-4-6-16(7-5-15)26-22(30)27-19-9-8-18(31-20(19)14-28)10-12-25-21(29)13-17-3-1-2-11-24-17/h1-7,11,18-20,28H,8-10,12-14H2,(H,25,29)(H2,26,27,30)/t18-,19-,20-/m1/s1. The number of aromatic nitrogens is 1. The molecule has 8 nitrogen and oxygen atoms in total. The molecule has 3 rings (SSSR count). The van der Waals surface area contributed by atoms with Crippen LogP contribution < -0.4 is 16.0 Å². The zero-order valence-corrected chi connectivity index (χ0v) is 17.1. The summed E-state index contributed by atoms with van der Waals surface area (Å²) in [5, 5.41) is 18.0. The van der Waals surface area contributed by atoms with Crippen molar-refractivity contribution in [3.05, 3.63) is 60.2 Å². The maximum atomic E-state index is 13.0. The maximum Gasteiger partial charge on any atom is 0.319 e. The van der Waals surface area contributed by atoms with Crippen LogP contribution in [0.5, 0.6) is 0 Å². The molecule has 0 saturated carbocycles. The van der Waals surface area contributed by atoms with Crippen molar-refractivity contribution < 1.29 is 23.8 Å². The molecule has 0 aliphatic carbocycles. The van der Waals surface area contributed by atoms with Crippen LogP contribution >= 0.6 is 0 Å². The fourth-order valence-corrected chi connectivity index (χ4v) is 3.48. The van der Waals surface area contributed by atoms with Crippen molar-refractivity contribution in [2.75, 3.05) is 18.5 Å². The van der Waals surface area contributed by atoms with Crippen LogP contribution in [0, 0.1) is 5.82 Å². The summed E-state index contributed by atoms with van der Waals surface area (Å²) in [7, 11) is 0. The number of aliphatic hydroxyl groups excluding tert-OH is 1. The molecule has 0 radical (unpaired) electrons. The van der Waals surface area contributed by atoms with Gasteiger partial charge in [0.05, 0.1) is 25.2 Å². The van der Waals surface area contributed by atoms with Crippen LogP contribution in [0.25, 0.3) is 0 Å². The second kappa shape index (κ2) is 11.4. The van der Waals surface area contributed by atoms with E-state index in [1.807, 2.05) is 6.07 Å². The van der Waals surface area contributed by atoms with Gasteiger partial charge in [-0.1, -0.05) is 6.07 Å². The van der Waals surface area contributed by atoms with Crippen LogP contribution in [0.4, 0.5) is 14.9 Å². The van der Waals surface area contributed by atoms with Gasteiger partial charge in [-0.15, -0.1) is 0 Å². The van der Waals surface area contributed by atoms with E-state index in [0.717, 1.165) is 0 Å². The molecule has 3 atom stereocenters. The molecule has 1 saturated heterocycles. The second-order valence-corrected chi connectivity index (χ2v) is 7.40. The first-order valence-electron chi connectivity index (χ1n) is 10.3. The first-order chi connectivity index (χ1) is 15.0. The first-order valence-corrected chi connectivity index (χ1v) is 10.3. The SMILES string of the molecule is O=C(Cc1ccccn1)NCC[C@H]1CC[C@@H](NC(=O)Nc2ccc(F)cc2)[C@@H](CO)O1. The lowest BCUT2D eigenvalue weighted by Gasteiger charge is -2.36. The van der Waals surface area contributed by atoms with E-state index in [2.05, 4.69) is 20.9 Å². The second-order valence-electron chi connectivity index (χ2n) is 7.40. The number of rotatable bonds is 8. The molecule has 4 N–H and O–H groups in total. The summed E-state index contributed by atoms with van der Waals surface area (Å²) in [6.45, 7) is 0.224. The summed E-state index contributed by atoms with van der Waals surface area (Å²) in [4.78, 5) is 28.3. The molecule has 9 heteroatoms. The molecular weight excluding hydrogens is 403 g/mol. The fourth-order valence-electron chi connectivity index (χ4n) is 3.48. The van der Waals surface area contributed by atoms with Crippen molar-refractivity contribution in [2.45, 2.75) is 43.9 Å². The Bertz CT molecular complexity index is 850. The third-order valence-corrected chi connectivity index (χ3v) is 5.07. The molecule has 2 heterocycles. The first kappa shape index (κ1) is 22.6. The number of ether oxygens (including phenoxy) is 1. The van der Waals surface area contributed by atoms with Crippen LogP contribution in [0.3, 0.4) is 0 Å².